The zero-order chi connectivity index (χ0) is 24.5. The number of esters is 1. The normalized spacial score (nSPS) is 27.1. The second-order valence-electron chi connectivity index (χ2n) is 8.08. The molecule has 0 radical (unpaired) electrons. The number of aliphatic hydroxyl groups excluding tert-OH is 1. The third-order valence-corrected chi connectivity index (χ3v) is 6.87. The average molecular weight is 506 g/mol. The van der Waals surface area contributed by atoms with Crippen LogP contribution in [0.2, 0.25) is 0 Å². The topological polar surface area (TPSA) is 159 Å². The number of anilines is 2. The first-order valence-corrected chi connectivity index (χ1v) is 12.8. The highest BCUT2D eigenvalue weighted by Gasteiger charge is 2.55. The highest BCUT2D eigenvalue weighted by atomic mass is 32.4. The molecule has 1 aliphatic heterocycles. The summed E-state index contributed by atoms with van der Waals surface area (Å²) in [7, 11) is -0.434. The van der Waals surface area contributed by atoms with Crippen molar-refractivity contribution >= 4 is 47.8 Å². The third-order valence-electron chi connectivity index (χ3n) is 5.06. The van der Waals surface area contributed by atoms with Crippen LogP contribution in [0.15, 0.2) is 6.33 Å². The number of halogens is 1. The quantitative estimate of drug-likeness (QED) is 0.282. The zero-order valence-corrected chi connectivity index (χ0v) is 20.7. The summed E-state index contributed by atoms with van der Waals surface area (Å²) in [6.45, 7) is 6.14. The van der Waals surface area contributed by atoms with E-state index in [9.17, 15) is 9.90 Å². The third kappa shape index (κ3) is 5.42. The van der Waals surface area contributed by atoms with Crippen LogP contribution >= 0.6 is 7.07 Å². The van der Waals surface area contributed by atoms with Gasteiger partial charge in [-0.2, -0.15) is 9.97 Å². The average Bonchev–Trinajstić information content (AvgIpc) is 3.24. The van der Waals surface area contributed by atoms with Crippen molar-refractivity contribution in [2.45, 2.75) is 63.9 Å². The monoisotopic (exact) mass is 505 g/mol. The van der Waals surface area contributed by atoms with Crippen LogP contribution in [-0.2, 0) is 30.6 Å². The number of ether oxygens (including phenoxy) is 2. The first-order chi connectivity index (χ1) is 15.4. The minimum absolute atomic E-state index is 0.0258. The number of hydrogen-bond acceptors (Lipinski definition) is 11. The number of imidazole rings is 1. The summed E-state index contributed by atoms with van der Waals surface area (Å²) in [5.74, 6) is -0.101. The smallest absolute Gasteiger partial charge is 0.323 e. The molecule has 1 aliphatic rings. The maximum Gasteiger partial charge on any atom is 0.323 e. The molecule has 184 valence electrons. The molecule has 1 fully saturated rings. The van der Waals surface area contributed by atoms with E-state index in [2.05, 4.69) is 25.4 Å². The van der Waals surface area contributed by atoms with Gasteiger partial charge in [-0.3, -0.25) is 14.4 Å². The second-order valence-corrected chi connectivity index (χ2v) is 10.3. The number of nitrogens with one attached hydrogen (secondary N) is 2. The van der Waals surface area contributed by atoms with E-state index in [1.165, 1.54) is 17.8 Å². The number of aromatic nitrogens is 4. The van der Waals surface area contributed by atoms with Gasteiger partial charge in [0, 0.05) is 7.05 Å². The number of alkyl halides is 1. The summed E-state index contributed by atoms with van der Waals surface area (Å²) in [5, 5.41) is 16.3. The number of hydrogen-bond donors (Lipinski definition) is 4. The molecule has 3 rings (SSSR count). The molecule has 6 atom stereocenters. The van der Waals surface area contributed by atoms with Crippen LogP contribution in [0.1, 0.15) is 33.9 Å². The number of carbonyl (C=O) groups is 1. The number of nitrogens with zero attached hydrogens (tertiary/aromatic N) is 4. The van der Waals surface area contributed by atoms with Crippen LogP contribution in [-0.4, -0.2) is 74.3 Å². The molecule has 0 spiro atoms. The van der Waals surface area contributed by atoms with Gasteiger partial charge in [-0.15, -0.1) is 0 Å². The van der Waals surface area contributed by atoms with E-state index in [4.69, 9.17) is 31.5 Å². The van der Waals surface area contributed by atoms with Crippen LogP contribution in [0, 0.1) is 0 Å². The van der Waals surface area contributed by atoms with Crippen LogP contribution in [0.25, 0.3) is 11.2 Å². The Morgan fingerprint density at radius 2 is 2.18 bits per heavy atom. The lowest BCUT2D eigenvalue weighted by molar-refractivity contribution is -0.148. The highest BCUT2D eigenvalue weighted by molar-refractivity contribution is 8.02. The van der Waals surface area contributed by atoms with Gasteiger partial charge in [0.1, 0.15) is 25.3 Å². The largest absolute Gasteiger partial charge is 0.462 e. The predicted molar refractivity (Wildman–Crippen MR) is 124 cm³/mol. The minimum Gasteiger partial charge on any atom is -0.462 e. The number of nitrogens with two attached hydrogens (primary N) is 1. The van der Waals surface area contributed by atoms with Gasteiger partial charge < -0.3 is 30.2 Å². The number of nitrogen functional groups attached to an aromatic ring is 1. The van der Waals surface area contributed by atoms with Crippen molar-refractivity contribution in [2.24, 2.45) is 0 Å². The molecule has 2 aromatic heterocycles. The van der Waals surface area contributed by atoms with Crippen LogP contribution in [0.5, 0.6) is 0 Å². The molecular weight excluding hydrogens is 476 g/mol. The number of aliphatic hydroxyl groups is 1. The van der Waals surface area contributed by atoms with Gasteiger partial charge in [-0.25, -0.2) is 9.37 Å². The fourth-order valence-corrected chi connectivity index (χ4v) is 5.00. The first kappa shape index (κ1) is 25.7. The first-order valence-electron chi connectivity index (χ1n) is 10.3. The van der Waals surface area contributed by atoms with Crippen molar-refractivity contribution < 1.29 is 28.3 Å². The summed E-state index contributed by atoms with van der Waals surface area (Å²) < 4.78 is 33.5. The SMILES string of the molecule is CNc1nc(N)nc2c1ncn2[C@@H]1O[C@H](CO[PH](=S)N[C@@H](C)C(=O)OC(C)C)[C@@H](O)[C@@]1(C)F. The Kier molecular flexibility index (Phi) is 7.87. The van der Waals surface area contributed by atoms with Crippen LogP contribution in [0.3, 0.4) is 0 Å². The van der Waals surface area contributed by atoms with Gasteiger partial charge in [0.2, 0.25) is 5.95 Å². The van der Waals surface area contributed by atoms with E-state index in [-0.39, 0.29) is 24.3 Å². The molecule has 0 amide bonds. The van der Waals surface area contributed by atoms with Crippen molar-refractivity contribution in [3.63, 3.8) is 0 Å². The summed E-state index contributed by atoms with van der Waals surface area (Å²) in [6, 6.07) is -0.670. The molecule has 1 unspecified atom stereocenters. The van der Waals surface area contributed by atoms with E-state index < -0.39 is 43.2 Å². The Bertz CT molecular complexity index is 1040. The molecule has 2 aromatic rings. The van der Waals surface area contributed by atoms with E-state index in [1.54, 1.807) is 27.8 Å². The summed E-state index contributed by atoms with van der Waals surface area (Å²) >= 11 is 5.27. The standard InChI is InChI=1S/C18H29FN7O5PS/c1-8(2)30-15(28)9(3)25-32(33)29-6-10-12(27)18(4,19)16(31-10)26-7-22-11-13(21-5)23-17(20)24-14(11)26/h7-10,12,16,27,32H,6H2,1-5H3,(H,25,33)(H3,20,21,23,24)/t9-,10+,12+,16+,18+/m0/s1. The maximum absolute atomic E-state index is 15.6. The Morgan fingerprint density at radius 1 is 1.48 bits per heavy atom. The lowest BCUT2D eigenvalue weighted by atomic mass is 9.98. The molecule has 0 bridgehead atoms. The Hall–Kier alpha value is -1.96. The molecule has 3 heterocycles. The van der Waals surface area contributed by atoms with Crippen LogP contribution in [0.4, 0.5) is 16.2 Å². The van der Waals surface area contributed by atoms with Gasteiger partial charge in [-0.1, -0.05) is 11.8 Å². The van der Waals surface area contributed by atoms with Crippen molar-refractivity contribution in [3.8, 4) is 0 Å². The molecule has 0 aliphatic carbocycles. The van der Waals surface area contributed by atoms with Gasteiger partial charge in [-0.05, 0) is 27.7 Å². The van der Waals surface area contributed by atoms with E-state index in [0.29, 0.717) is 11.3 Å². The number of rotatable bonds is 9. The van der Waals surface area contributed by atoms with Crippen molar-refractivity contribution in [1.29, 1.82) is 0 Å². The second kappa shape index (κ2) is 10.1. The Balaban J connectivity index is 1.70. The maximum atomic E-state index is 15.6. The number of carbonyl (C=O) groups excluding carboxylic acids is 1. The van der Waals surface area contributed by atoms with E-state index in [0.717, 1.165) is 0 Å². The molecule has 5 N–H and O–H groups in total. The lowest BCUT2D eigenvalue weighted by Crippen LogP contribution is -2.40. The molecule has 0 aromatic carbocycles. The molecule has 33 heavy (non-hydrogen) atoms. The van der Waals surface area contributed by atoms with E-state index in [1.807, 2.05) is 0 Å². The Morgan fingerprint density at radius 3 is 2.82 bits per heavy atom. The van der Waals surface area contributed by atoms with Gasteiger partial charge in [0.05, 0.1) is 19.0 Å². The summed E-state index contributed by atoms with van der Waals surface area (Å²) in [4.78, 5) is 24.4. The highest BCUT2D eigenvalue weighted by Crippen LogP contribution is 2.43. The van der Waals surface area contributed by atoms with Crippen molar-refractivity contribution in [1.82, 2.24) is 24.6 Å². The zero-order valence-electron chi connectivity index (χ0n) is 18.9. The fraction of sp³-hybridized carbons (Fsp3) is 0.667. The van der Waals surface area contributed by atoms with Gasteiger partial charge >= 0.3 is 5.97 Å². The molecule has 15 heteroatoms. The predicted octanol–water partition coefficient (Wildman–Crippen LogP) is 0.889. The van der Waals surface area contributed by atoms with E-state index >= 15 is 4.39 Å². The molecular formula is C18H29FN7O5PS. The van der Waals surface area contributed by atoms with Crippen molar-refractivity contribution in [2.75, 3.05) is 24.7 Å². The molecule has 12 nitrogen and oxygen atoms in total. The summed E-state index contributed by atoms with van der Waals surface area (Å²) in [5.41, 5.74) is 4.19. The molecule has 0 saturated carbocycles. The summed E-state index contributed by atoms with van der Waals surface area (Å²) in [6.07, 6.45) is -2.69. The van der Waals surface area contributed by atoms with Crippen molar-refractivity contribution in [3.05, 3.63) is 6.33 Å². The fourth-order valence-electron chi connectivity index (χ4n) is 3.40. The van der Waals surface area contributed by atoms with Gasteiger partial charge in [0.25, 0.3) is 0 Å². The van der Waals surface area contributed by atoms with Gasteiger partial charge in [0.15, 0.2) is 28.9 Å². The number of fused-ring (bicyclic) bond motifs is 1. The Labute approximate surface area is 196 Å². The minimum atomic E-state index is -2.20. The van der Waals surface area contributed by atoms with Crippen LogP contribution < -0.4 is 16.1 Å². The lowest BCUT2D eigenvalue weighted by Gasteiger charge is -2.24. The molecule has 1 saturated heterocycles.